The Morgan fingerprint density at radius 1 is 1.30 bits per heavy atom. The fourth-order valence-electron chi connectivity index (χ4n) is 3.46. The maximum Gasteiger partial charge on any atom is 0.118 e. The fraction of sp³-hybridized carbons (Fsp3) is 0.647. The summed E-state index contributed by atoms with van der Waals surface area (Å²) < 4.78 is 11.3. The van der Waals surface area contributed by atoms with E-state index in [-0.39, 0.29) is 11.0 Å². The highest BCUT2D eigenvalue weighted by Crippen LogP contribution is 2.45. The van der Waals surface area contributed by atoms with Gasteiger partial charge in [-0.1, -0.05) is 19.1 Å². The van der Waals surface area contributed by atoms with E-state index in [2.05, 4.69) is 43.8 Å². The molecule has 1 saturated heterocycles. The average Bonchev–Trinajstić information content (AvgIpc) is 2.48. The number of hydrogen-bond acceptors (Lipinski definition) is 2. The first kappa shape index (κ1) is 15.3. The van der Waals surface area contributed by atoms with Gasteiger partial charge in [0.15, 0.2) is 0 Å². The summed E-state index contributed by atoms with van der Waals surface area (Å²) >= 11 is 0. The van der Waals surface area contributed by atoms with E-state index in [9.17, 15) is 0 Å². The Morgan fingerprint density at radius 2 is 2.00 bits per heavy atom. The highest BCUT2D eigenvalue weighted by molar-refractivity contribution is 5.33. The van der Waals surface area contributed by atoms with E-state index in [1.165, 1.54) is 5.56 Å². The Kier molecular flexibility index (Phi) is 4.71. The quantitative estimate of drug-likeness (QED) is 0.899. The van der Waals surface area contributed by atoms with Gasteiger partial charge in [0.25, 0.3) is 0 Å². The fourth-order valence-corrected chi connectivity index (χ4v) is 3.46. The maximum absolute atomic E-state index is 6.04. The lowest BCUT2D eigenvalue weighted by molar-refractivity contribution is -0.372. The number of ether oxygens (including phenoxy) is 2. The molecular weight excluding hydrogens is 250 g/mol. The molecule has 3 nitrogen and oxygen atoms in total. The Hall–Kier alpha value is -1.06. The molecule has 1 heterocycles. The van der Waals surface area contributed by atoms with Crippen LogP contribution < -0.4 is 10.5 Å². The number of quaternary nitrogens is 1. The van der Waals surface area contributed by atoms with Gasteiger partial charge in [0.05, 0.1) is 19.3 Å². The molecule has 0 saturated carbocycles. The van der Waals surface area contributed by atoms with Gasteiger partial charge in [0, 0.05) is 18.4 Å². The van der Waals surface area contributed by atoms with Crippen molar-refractivity contribution in [3.05, 3.63) is 29.8 Å². The second-order valence-corrected chi connectivity index (χ2v) is 6.19. The summed E-state index contributed by atoms with van der Waals surface area (Å²) in [5, 5.41) is 0. The van der Waals surface area contributed by atoms with Crippen molar-refractivity contribution in [3.63, 3.8) is 0 Å². The molecule has 0 spiro atoms. The molecule has 0 aliphatic carbocycles. The molecule has 3 heteroatoms. The minimum atomic E-state index is -0.00660. The van der Waals surface area contributed by atoms with Crippen LogP contribution in [0.3, 0.4) is 0 Å². The molecule has 112 valence electrons. The largest absolute Gasteiger partial charge is 0.497 e. The summed E-state index contributed by atoms with van der Waals surface area (Å²) in [4.78, 5) is 0. The predicted molar refractivity (Wildman–Crippen MR) is 80.9 cm³/mol. The van der Waals surface area contributed by atoms with Gasteiger partial charge in [-0.15, -0.1) is 0 Å². The van der Waals surface area contributed by atoms with Crippen LogP contribution in [0.5, 0.6) is 5.75 Å². The van der Waals surface area contributed by atoms with Crippen molar-refractivity contribution in [1.29, 1.82) is 0 Å². The molecule has 0 radical (unpaired) electrons. The minimum absolute atomic E-state index is 0.00660. The Bertz CT molecular complexity index is 427. The van der Waals surface area contributed by atoms with E-state index in [4.69, 9.17) is 9.47 Å². The lowest BCUT2D eigenvalue weighted by Crippen LogP contribution is -2.55. The van der Waals surface area contributed by atoms with Crippen molar-refractivity contribution in [1.82, 2.24) is 0 Å². The molecule has 2 atom stereocenters. The van der Waals surface area contributed by atoms with E-state index in [1.54, 1.807) is 7.11 Å². The Morgan fingerprint density at radius 3 is 2.55 bits per heavy atom. The Labute approximate surface area is 122 Å². The molecule has 0 unspecified atom stereocenters. The first-order chi connectivity index (χ1) is 9.57. The summed E-state index contributed by atoms with van der Waals surface area (Å²) in [5.74, 6) is 0.920. The number of hydrogen-bond donors (Lipinski definition) is 1. The van der Waals surface area contributed by atoms with Crippen molar-refractivity contribution in [3.8, 4) is 5.75 Å². The zero-order valence-corrected chi connectivity index (χ0v) is 13.1. The van der Waals surface area contributed by atoms with Crippen LogP contribution >= 0.6 is 0 Å². The van der Waals surface area contributed by atoms with Crippen molar-refractivity contribution in [2.75, 3.05) is 20.3 Å². The molecule has 0 amide bonds. The highest BCUT2D eigenvalue weighted by atomic mass is 16.5. The molecule has 1 aliphatic rings. The van der Waals surface area contributed by atoms with Gasteiger partial charge in [-0.2, -0.15) is 0 Å². The van der Waals surface area contributed by atoms with Crippen molar-refractivity contribution in [2.45, 2.75) is 50.5 Å². The summed E-state index contributed by atoms with van der Waals surface area (Å²) in [6.45, 7) is 6.27. The second kappa shape index (κ2) is 6.15. The maximum atomic E-state index is 6.04. The van der Waals surface area contributed by atoms with Gasteiger partial charge in [-0.05, 0) is 43.9 Å². The van der Waals surface area contributed by atoms with Crippen molar-refractivity contribution >= 4 is 0 Å². The van der Waals surface area contributed by atoms with Crippen LogP contribution in [-0.4, -0.2) is 25.9 Å². The van der Waals surface area contributed by atoms with Gasteiger partial charge in [-0.25, -0.2) is 0 Å². The van der Waals surface area contributed by atoms with Crippen LogP contribution in [0.4, 0.5) is 0 Å². The summed E-state index contributed by atoms with van der Waals surface area (Å²) in [5.41, 5.74) is 5.70. The highest BCUT2D eigenvalue weighted by Gasteiger charge is 2.43. The first-order valence-electron chi connectivity index (χ1n) is 7.65. The third-order valence-corrected chi connectivity index (χ3v) is 4.85. The van der Waals surface area contributed by atoms with Crippen LogP contribution in [0.15, 0.2) is 24.3 Å². The van der Waals surface area contributed by atoms with E-state index < -0.39 is 0 Å². The number of rotatable bonds is 5. The minimum Gasteiger partial charge on any atom is -0.497 e. The lowest BCUT2D eigenvalue weighted by atomic mass is 9.66. The first-order valence-corrected chi connectivity index (χ1v) is 7.65. The summed E-state index contributed by atoms with van der Waals surface area (Å²) in [7, 11) is 1.71. The second-order valence-electron chi connectivity index (χ2n) is 6.19. The number of methoxy groups -OCH3 is 1. The summed E-state index contributed by atoms with van der Waals surface area (Å²) in [6.07, 6.45) is 4.35. The Balaban J connectivity index is 2.32. The van der Waals surface area contributed by atoms with E-state index in [1.807, 2.05) is 0 Å². The molecule has 3 N–H and O–H groups in total. The van der Waals surface area contributed by atoms with Crippen LogP contribution in [0.2, 0.25) is 0 Å². The standard InChI is InChI=1S/C17H27NO2/c1-4-16(2)13-17(9-11-18,10-12-20-16)14-5-7-15(19-3)8-6-14/h5-8H,4,9-13,18H2,1-3H3/p+1/t16-,17-/m0/s1. The van der Waals surface area contributed by atoms with Gasteiger partial charge in [0.2, 0.25) is 0 Å². The molecule has 0 aromatic heterocycles. The molecular formula is C17H28NO2+. The van der Waals surface area contributed by atoms with Crippen molar-refractivity contribution < 1.29 is 15.2 Å². The third-order valence-electron chi connectivity index (χ3n) is 4.85. The lowest BCUT2D eigenvalue weighted by Gasteiger charge is -2.46. The smallest absolute Gasteiger partial charge is 0.118 e. The molecule has 1 aliphatic heterocycles. The monoisotopic (exact) mass is 278 g/mol. The van der Waals surface area contributed by atoms with Gasteiger partial charge >= 0.3 is 0 Å². The average molecular weight is 278 g/mol. The van der Waals surface area contributed by atoms with Crippen LogP contribution in [-0.2, 0) is 10.2 Å². The van der Waals surface area contributed by atoms with Crippen LogP contribution in [0.1, 0.15) is 45.1 Å². The topological polar surface area (TPSA) is 46.1 Å². The van der Waals surface area contributed by atoms with Gasteiger partial charge < -0.3 is 15.2 Å². The SMILES string of the molecule is CC[C@@]1(C)C[C@@](CC[NH3+])(c2ccc(OC)cc2)CCO1. The van der Waals surface area contributed by atoms with E-state index in [0.717, 1.165) is 44.6 Å². The molecule has 0 bridgehead atoms. The van der Waals surface area contributed by atoms with Crippen molar-refractivity contribution in [2.24, 2.45) is 0 Å². The summed E-state index contributed by atoms with van der Waals surface area (Å²) in [6, 6.07) is 8.57. The molecule has 1 aromatic rings. The van der Waals surface area contributed by atoms with E-state index >= 15 is 0 Å². The predicted octanol–water partition coefficient (Wildman–Crippen LogP) is 2.54. The van der Waals surface area contributed by atoms with Crippen LogP contribution in [0, 0.1) is 0 Å². The zero-order chi connectivity index (χ0) is 14.6. The molecule has 20 heavy (non-hydrogen) atoms. The van der Waals surface area contributed by atoms with E-state index in [0.29, 0.717) is 0 Å². The van der Waals surface area contributed by atoms with Crippen LogP contribution in [0.25, 0.3) is 0 Å². The van der Waals surface area contributed by atoms with Gasteiger partial charge in [0.1, 0.15) is 5.75 Å². The third kappa shape index (κ3) is 2.99. The molecule has 2 rings (SSSR count). The molecule has 1 fully saturated rings. The number of benzene rings is 1. The normalized spacial score (nSPS) is 30.2. The van der Waals surface area contributed by atoms with Gasteiger partial charge in [-0.3, -0.25) is 0 Å². The zero-order valence-electron chi connectivity index (χ0n) is 13.1. The molecule has 1 aromatic carbocycles.